The van der Waals surface area contributed by atoms with E-state index in [1.54, 1.807) is 0 Å². The fourth-order valence-corrected chi connectivity index (χ4v) is 3.18. The van der Waals surface area contributed by atoms with Crippen LogP contribution < -0.4 is 4.74 Å². The number of benzene rings is 1. The van der Waals surface area contributed by atoms with E-state index in [0.29, 0.717) is 31.9 Å². The molecule has 24 heavy (non-hydrogen) atoms. The Kier molecular flexibility index (Phi) is 7.09. The number of rotatable bonds is 8. The van der Waals surface area contributed by atoms with Crippen molar-refractivity contribution in [2.75, 3.05) is 19.7 Å². The molecule has 0 saturated carbocycles. The highest BCUT2D eigenvalue weighted by Crippen LogP contribution is 2.22. The summed E-state index contributed by atoms with van der Waals surface area (Å²) in [5.74, 6) is 0.590. The normalized spacial score (nSPS) is 17.5. The van der Waals surface area contributed by atoms with E-state index < -0.39 is 5.97 Å². The third-order valence-electron chi connectivity index (χ3n) is 4.50. The summed E-state index contributed by atoms with van der Waals surface area (Å²) >= 11 is 0. The molecule has 0 radical (unpaired) electrons. The van der Waals surface area contributed by atoms with E-state index in [1.807, 2.05) is 36.1 Å². The first-order valence-corrected chi connectivity index (χ1v) is 8.79. The summed E-state index contributed by atoms with van der Waals surface area (Å²) < 4.78 is 5.42. The summed E-state index contributed by atoms with van der Waals surface area (Å²) in [7, 11) is 0. The molecule has 1 N–H and O–H groups in total. The topological polar surface area (TPSA) is 66.8 Å². The first kappa shape index (κ1) is 18.3. The molecule has 5 heteroatoms. The molecule has 0 aliphatic carbocycles. The van der Waals surface area contributed by atoms with Gasteiger partial charge < -0.3 is 14.7 Å². The molecule has 1 aromatic rings. The molecular formula is C19H27NO4. The first-order chi connectivity index (χ1) is 11.6. The van der Waals surface area contributed by atoms with Crippen molar-refractivity contribution < 1.29 is 19.4 Å². The number of hydrogen-bond donors (Lipinski definition) is 1. The van der Waals surface area contributed by atoms with Crippen molar-refractivity contribution in [3.8, 4) is 5.75 Å². The van der Waals surface area contributed by atoms with Crippen LogP contribution in [0.2, 0.25) is 0 Å². The van der Waals surface area contributed by atoms with Gasteiger partial charge >= 0.3 is 5.97 Å². The first-order valence-electron chi connectivity index (χ1n) is 8.79. The monoisotopic (exact) mass is 333 g/mol. The molecule has 0 unspecified atom stereocenters. The molecule has 5 nitrogen and oxygen atoms in total. The molecule has 1 saturated heterocycles. The lowest BCUT2D eigenvalue weighted by Gasteiger charge is -2.32. The van der Waals surface area contributed by atoms with Crippen LogP contribution in [0.4, 0.5) is 0 Å². The minimum Gasteiger partial charge on any atom is -0.494 e. The van der Waals surface area contributed by atoms with Crippen LogP contribution in [0.25, 0.3) is 0 Å². The predicted molar refractivity (Wildman–Crippen MR) is 92.1 cm³/mol. The van der Waals surface area contributed by atoms with Crippen molar-refractivity contribution in [3.05, 3.63) is 29.8 Å². The van der Waals surface area contributed by atoms with Crippen molar-refractivity contribution in [3.63, 3.8) is 0 Å². The third-order valence-corrected chi connectivity index (χ3v) is 4.50. The van der Waals surface area contributed by atoms with Crippen LogP contribution in [0.15, 0.2) is 24.3 Å². The number of aliphatic carboxylic acids is 1. The van der Waals surface area contributed by atoms with E-state index in [4.69, 9.17) is 9.84 Å². The zero-order chi connectivity index (χ0) is 17.4. The molecule has 2 rings (SSSR count). The molecule has 1 heterocycles. The van der Waals surface area contributed by atoms with Gasteiger partial charge in [0.05, 0.1) is 6.61 Å². The van der Waals surface area contributed by atoms with E-state index in [1.165, 1.54) is 0 Å². The number of nitrogens with zero attached hydrogens (tertiary/aromatic N) is 1. The Balaban J connectivity index is 1.77. The SMILES string of the molecule is CCOc1ccc(CCC(=O)N2CCC[C@H](CCC(=O)O)C2)cc1. The van der Waals surface area contributed by atoms with Crippen LogP contribution >= 0.6 is 0 Å². The van der Waals surface area contributed by atoms with Gasteiger partial charge in [0.25, 0.3) is 0 Å². The number of carboxylic acids is 1. The van der Waals surface area contributed by atoms with Crippen molar-refractivity contribution in [2.24, 2.45) is 5.92 Å². The van der Waals surface area contributed by atoms with Crippen molar-refractivity contribution >= 4 is 11.9 Å². The Hall–Kier alpha value is -2.04. The number of hydrogen-bond acceptors (Lipinski definition) is 3. The molecular weight excluding hydrogens is 306 g/mol. The number of amides is 1. The largest absolute Gasteiger partial charge is 0.494 e. The number of piperidine rings is 1. The molecule has 1 aliphatic heterocycles. The van der Waals surface area contributed by atoms with Gasteiger partial charge in [-0.3, -0.25) is 9.59 Å². The lowest BCUT2D eigenvalue weighted by atomic mass is 9.93. The van der Waals surface area contributed by atoms with Gasteiger partial charge in [-0.25, -0.2) is 0 Å². The van der Waals surface area contributed by atoms with Gasteiger partial charge in [-0.2, -0.15) is 0 Å². The van der Waals surface area contributed by atoms with E-state index in [2.05, 4.69) is 0 Å². The average molecular weight is 333 g/mol. The molecule has 0 aromatic heterocycles. The van der Waals surface area contributed by atoms with Gasteiger partial charge in [-0.05, 0) is 56.2 Å². The Bertz CT molecular complexity index is 541. The molecule has 1 amide bonds. The summed E-state index contributed by atoms with van der Waals surface area (Å²) in [6.45, 7) is 4.10. The number of carbonyl (C=O) groups is 2. The van der Waals surface area contributed by atoms with Crippen LogP contribution in [0, 0.1) is 5.92 Å². The number of likely N-dealkylation sites (tertiary alicyclic amines) is 1. The molecule has 132 valence electrons. The van der Waals surface area contributed by atoms with Crippen molar-refractivity contribution in [1.82, 2.24) is 4.90 Å². The minimum absolute atomic E-state index is 0.170. The standard InChI is InChI=1S/C19H27NO4/c1-2-24-17-9-5-15(6-10-17)7-11-18(21)20-13-3-4-16(14-20)8-12-19(22)23/h5-6,9-10,16H,2-4,7-8,11-14H2,1H3,(H,22,23)/t16-/m1/s1. The molecule has 1 fully saturated rings. The van der Waals surface area contributed by atoms with Gasteiger partial charge in [0.2, 0.25) is 5.91 Å². The van der Waals surface area contributed by atoms with Gasteiger partial charge in [-0.1, -0.05) is 12.1 Å². The smallest absolute Gasteiger partial charge is 0.303 e. The highest BCUT2D eigenvalue weighted by atomic mass is 16.5. The Morgan fingerprint density at radius 1 is 1.25 bits per heavy atom. The number of ether oxygens (including phenoxy) is 1. The fourth-order valence-electron chi connectivity index (χ4n) is 3.18. The van der Waals surface area contributed by atoms with E-state index in [9.17, 15) is 9.59 Å². The number of aryl methyl sites for hydroxylation is 1. The maximum atomic E-state index is 12.4. The number of carboxylic acid groups (broad SMARTS) is 1. The summed E-state index contributed by atoms with van der Waals surface area (Å²) in [5.41, 5.74) is 1.13. The summed E-state index contributed by atoms with van der Waals surface area (Å²) in [4.78, 5) is 25.0. The molecule has 1 aromatic carbocycles. The third kappa shape index (κ3) is 5.87. The van der Waals surface area contributed by atoms with Gasteiger partial charge in [0.1, 0.15) is 5.75 Å². The lowest BCUT2D eigenvalue weighted by Crippen LogP contribution is -2.40. The van der Waals surface area contributed by atoms with Crippen LogP contribution in [-0.4, -0.2) is 41.6 Å². The van der Waals surface area contributed by atoms with Crippen molar-refractivity contribution in [2.45, 2.75) is 45.4 Å². The van der Waals surface area contributed by atoms with E-state index in [0.717, 1.165) is 37.1 Å². The second-order valence-corrected chi connectivity index (χ2v) is 6.36. The minimum atomic E-state index is -0.756. The van der Waals surface area contributed by atoms with E-state index >= 15 is 0 Å². The van der Waals surface area contributed by atoms with Gasteiger partial charge in [-0.15, -0.1) is 0 Å². The Labute approximate surface area is 143 Å². The van der Waals surface area contributed by atoms with E-state index in [-0.39, 0.29) is 12.3 Å². The zero-order valence-corrected chi connectivity index (χ0v) is 14.4. The summed E-state index contributed by atoms with van der Waals surface area (Å²) in [6, 6.07) is 7.88. The van der Waals surface area contributed by atoms with Crippen LogP contribution in [0.5, 0.6) is 5.75 Å². The zero-order valence-electron chi connectivity index (χ0n) is 14.4. The van der Waals surface area contributed by atoms with Crippen LogP contribution in [0.1, 0.15) is 44.6 Å². The van der Waals surface area contributed by atoms with Crippen LogP contribution in [0.3, 0.4) is 0 Å². The maximum Gasteiger partial charge on any atom is 0.303 e. The Morgan fingerprint density at radius 3 is 2.67 bits per heavy atom. The second kappa shape index (κ2) is 9.30. The molecule has 1 atom stereocenters. The highest BCUT2D eigenvalue weighted by Gasteiger charge is 2.23. The average Bonchev–Trinajstić information content (AvgIpc) is 2.59. The van der Waals surface area contributed by atoms with Crippen LogP contribution in [-0.2, 0) is 16.0 Å². The quantitative estimate of drug-likeness (QED) is 0.794. The summed E-state index contributed by atoms with van der Waals surface area (Å²) in [5, 5.41) is 8.79. The maximum absolute atomic E-state index is 12.4. The van der Waals surface area contributed by atoms with Crippen molar-refractivity contribution in [1.29, 1.82) is 0 Å². The fraction of sp³-hybridized carbons (Fsp3) is 0.579. The molecule has 0 spiro atoms. The molecule has 1 aliphatic rings. The predicted octanol–water partition coefficient (Wildman–Crippen LogP) is 3.12. The highest BCUT2D eigenvalue weighted by molar-refractivity contribution is 5.76. The summed E-state index contributed by atoms with van der Waals surface area (Å²) in [6.07, 6.45) is 4.08. The Morgan fingerprint density at radius 2 is 2.00 bits per heavy atom. The second-order valence-electron chi connectivity index (χ2n) is 6.36. The van der Waals surface area contributed by atoms with Gasteiger partial charge in [0, 0.05) is 25.9 Å². The number of carbonyl (C=O) groups excluding carboxylic acids is 1. The lowest BCUT2D eigenvalue weighted by molar-refractivity contribution is -0.137. The van der Waals surface area contributed by atoms with Gasteiger partial charge in [0.15, 0.2) is 0 Å². The molecule has 0 bridgehead atoms.